The van der Waals surface area contributed by atoms with E-state index in [1.54, 1.807) is 13.8 Å². The normalized spacial score (nSPS) is 10.9. The van der Waals surface area contributed by atoms with Crippen LogP contribution in [0, 0.1) is 0 Å². The molecule has 0 aromatic rings. The van der Waals surface area contributed by atoms with Crippen LogP contribution in [0.3, 0.4) is 0 Å². The van der Waals surface area contributed by atoms with Crippen molar-refractivity contribution in [2.75, 3.05) is 6.61 Å². The van der Waals surface area contributed by atoms with Gasteiger partial charge < -0.3 is 9.57 Å². The molecule has 0 radical (unpaired) electrons. The van der Waals surface area contributed by atoms with Crippen LogP contribution in [0.25, 0.3) is 0 Å². The Hall–Kier alpha value is -1.65. The van der Waals surface area contributed by atoms with Crippen LogP contribution in [0.1, 0.15) is 40.0 Å². The number of carbonyl (C=O) groups is 2. The summed E-state index contributed by atoms with van der Waals surface area (Å²) in [5, 5.41) is 3.63. The topological polar surface area (TPSA) is 65.0 Å². The third-order valence-electron chi connectivity index (χ3n) is 1.92. The van der Waals surface area contributed by atoms with Gasteiger partial charge in [0.15, 0.2) is 0 Å². The van der Waals surface area contributed by atoms with E-state index in [1.807, 2.05) is 6.92 Å². The van der Waals surface area contributed by atoms with E-state index in [2.05, 4.69) is 16.6 Å². The fraction of sp³-hybridized carbons (Fsp3) is 0.583. The molecule has 0 N–H and O–H groups in total. The van der Waals surface area contributed by atoms with Gasteiger partial charge in [0, 0.05) is 5.57 Å². The van der Waals surface area contributed by atoms with Crippen molar-refractivity contribution in [1.82, 2.24) is 0 Å². The fourth-order valence-corrected chi connectivity index (χ4v) is 0.744. The molecule has 0 aromatic carbocycles. The van der Waals surface area contributed by atoms with Gasteiger partial charge in [-0.25, -0.2) is 9.59 Å². The first-order valence-corrected chi connectivity index (χ1v) is 5.53. The number of oxime groups is 1. The third-order valence-corrected chi connectivity index (χ3v) is 1.92. The van der Waals surface area contributed by atoms with Crippen molar-refractivity contribution in [2.45, 2.75) is 40.0 Å². The van der Waals surface area contributed by atoms with Crippen molar-refractivity contribution in [2.24, 2.45) is 5.16 Å². The number of ether oxygens (including phenoxy) is 1. The maximum absolute atomic E-state index is 11.2. The zero-order valence-corrected chi connectivity index (χ0v) is 10.6. The molecule has 5 heteroatoms. The highest BCUT2D eigenvalue weighted by Crippen LogP contribution is 1.98. The number of hydrogen-bond donors (Lipinski definition) is 0. The Bertz CT molecular complexity index is 320. The Morgan fingerprint density at radius 3 is 2.47 bits per heavy atom. The maximum atomic E-state index is 11.2. The Balaban J connectivity index is 3.66. The van der Waals surface area contributed by atoms with Gasteiger partial charge in [-0.3, -0.25) is 0 Å². The predicted octanol–water partition coefficient (Wildman–Crippen LogP) is 2.21. The van der Waals surface area contributed by atoms with Crippen LogP contribution >= 0.6 is 0 Å². The van der Waals surface area contributed by atoms with E-state index in [0.29, 0.717) is 12.0 Å². The van der Waals surface area contributed by atoms with Gasteiger partial charge in [0.25, 0.3) is 0 Å². The zero-order valence-electron chi connectivity index (χ0n) is 10.6. The number of nitrogens with zero attached hydrogens (tertiary/aromatic N) is 1. The Labute approximate surface area is 101 Å². The molecule has 0 amide bonds. The van der Waals surface area contributed by atoms with Gasteiger partial charge in [0.05, 0.1) is 18.7 Å². The van der Waals surface area contributed by atoms with E-state index in [-0.39, 0.29) is 13.0 Å². The second-order valence-electron chi connectivity index (χ2n) is 3.66. The average molecular weight is 241 g/mol. The minimum Gasteiger partial charge on any atom is -0.462 e. The summed E-state index contributed by atoms with van der Waals surface area (Å²) in [5.74, 6) is -0.873. The second-order valence-corrected chi connectivity index (χ2v) is 3.66. The minimum atomic E-state index is -0.446. The summed E-state index contributed by atoms with van der Waals surface area (Å²) in [6.07, 6.45) is 1.33. The molecule has 0 saturated carbocycles. The SMILES string of the molecule is C=C(C)C(=O)OCCCC(=O)O/N=C(\C)CC. The van der Waals surface area contributed by atoms with E-state index in [4.69, 9.17) is 4.74 Å². The van der Waals surface area contributed by atoms with Crippen molar-refractivity contribution < 1.29 is 19.2 Å². The molecule has 0 rings (SSSR count). The third kappa shape index (κ3) is 8.19. The summed E-state index contributed by atoms with van der Waals surface area (Å²) in [5.41, 5.74) is 1.10. The monoisotopic (exact) mass is 241 g/mol. The van der Waals surface area contributed by atoms with E-state index < -0.39 is 11.9 Å². The van der Waals surface area contributed by atoms with Crippen LogP contribution in [0.2, 0.25) is 0 Å². The van der Waals surface area contributed by atoms with Gasteiger partial charge >= 0.3 is 11.9 Å². The van der Waals surface area contributed by atoms with Crippen molar-refractivity contribution in [3.63, 3.8) is 0 Å². The van der Waals surface area contributed by atoms with Gasteiger partial charge in [-0.15, -0.1) is 0 Å². The molecule has 0 bridgehead atoms. The number of rotatable bonds is 7. The smallest absolute Gasteiger partial charge is 0.335 e. The van der Waals surface area contributed by atoms with Crippen LogP contribution in [-0.4, -0.2) is 24.3 Å². The lowest BCUT2D eigenvalue weighted by Crippen LogP contribution is -2.08. The Morgan fingerprint density at radius 2 is 1.94 bits per heavy atom. The van der Waals surface area contributed by atoms with Crippen LogP contribution < -0.4 is 0 Å². The van der Waals surface area contributed by atoms with E-state index in [9.17, 15) is 9.59 Å². The molecule has 0 heterocycles. The molecule has 17 heavy (non-hydrogen) atoms. The Morgan fingerprint density at radius 1 is 1.29 bits per heavy atom. The molecule has 96 valence electrons. The molecular weight excluding hydrogens is 222 g/mol. The number of esters is 1. The zero-order chi connectivity index (χ0) is 13.3. The van der Waals surface area contributed by atoms with Crippen molar-refractivity contribution >= 4 is 17.7 Å². The fourth-order valence-electron chi connectivity index (χ4n) is 0.744. The van der Waals surface area contributed by atoms with Gasteiger partial charge in [0.1, 0.15) is 0 Å². The summed E-state index contributed by atoms with van der Waals surface area (Å²) in [7, 11) is 0. The first-order chi connectivity index (χ1) is 7.97. The largest absolute Gasteiger partial charge is 0.462 e. The highest BCUT2D eigenvalue weighted by molar-refractivity contribution is 5.86. The molecule has 0 unspecified atom stereocenters. The summed E-state index contributed by atoms with van der Waals surface area (Å²) in [6, 6.07) is 0. The molecule has 0 spiro atoms. The predicted molar refractivity (Wildman–Crippen MR) is 64.5 cm³/mol. The lowest BCUT2D eigenvalue weighted by molar-refractivity contribution is -0.146. The summed E-state index contributed by atoms with van der Waals surface area (Å²) >= 11 is 0. The molecule has 0 aromatic heterocycles. The lowest BCUT2D eigenvalue weighted by atomic mass is 10.3. The first-order valence-electron chi connectivity index (χ1n) is 5.53. The quantitative estimate of drug-likeness (QED) is 0.171. The summed E-state index contributed by atoms with van der Waals surface area (Å²) in [4.78, 5) is 26.8. The summed E-state index contributed by atoms with van der Waals surface area (Å²) in [6.45, 7) is 8.89. The molecule has 0 atom stereocenters. The maximum Gasteiger partial charge on any atom is 0.335 e. The van der Waals surface area contributed by atoms with Gasteiger partial charge in [0.2, 0.25) is 0 Å². The van der Waals surface area contributed by atoms with Gasteiger partial charge in [-0.05, 0) is 26.7 Å². The van der Waals surface area contributed by atoms with Gasteiger partial charge in [-0.2, -0.15) is 0 Å². The molecule has 0 aliphatic carbocycles. The van der Waals surface area contributed by atoms with E-state index >= 15 is 0 Å². The van der Waals surface area contributed by atoms with Crippen molar-refractivity contribution in [1.29, 1.82) is 0 Å². The highest BCUT2D eigenvalue weighted by atomic mass is 16.7. The van der Waals surface area contributed by atoms with Crippen LogP contribution in [0.5, 0.6) is 0 Å². The average Bonchev–Trinajstić information content (AvgIpc) is 2.30. The minimum absolute atomic E-state index is 0.171. The van der Waals surface area contributed by atoms with Gasteiger partial charge in [-0.1, -0.05) is 18.7 Å². The molecule has 5 nitrogen and oxygen atoms in total. The standard InChI is InChI=1S/C12H19NO4/c1-5-10(4)13-17-11(14)7-6-8-16-12(15)9(2)3/h2,5-8H2,1,3-4H3/b13-10+. The molecule has 0 aliphatic heterocycles. The number of hydrogen-bond acceptors (Lipinski definition) is 5. The van der Waals surface area contributed by atoms with E-state index in [0.717, 1.165) is 12.1 Å². The van der Waals surface area contributed by atoms with Crippen molar-refractivity contribution in [3.8, 4) is 0 Å². The molecule has 0 aliphatic rings. The second kappa shape index (κ2) is 8.50. The Kier molecular flexibility index (Phi) is 7.67. The lowest BCUT2D eigenvalue weighted by Gasteiger charge is -2.03. The highest BCUT2D eigenvalue weighted by Gasteiger charge is 2.05. The number of carbonyl (C=O) groups excluding carboxylic acids is 2. The molecule has 0 saturated heterocycles. The van der Waals surface area contributed by atoms with E-state index in [1.165, 1.54) is 0 Å². The molecule has 0 fully saturated rings. The van der Waals surface area contributed by atoms with Crippen LogP contribution in [0.15, 0.2) is 17.3 Å². The van der Waals surface area contributed by atoms with Crippen molar-refractivity contribution in [3.05, 3.63) is 12.2 Å². The first kappa shape index (κ1) is 15.3. The van der Waals surface area contributed by atoms with Crippen LogP contribution in [0.4, 0.5) is 0 Å². The molecular formula is C12H19NO4. The van der Waals surface area contributed by atoms with Crippen LogP contribution in [-0.2, 0) is 19.2 Å². The summed E-state index contributed by atoms with van der Waals surface area (Å²) < 4.78 is 4.82.